The Bertz CT molecular complexity index is 602. The smallest absolute Gasteiger partial charge is 0.142 e. The van der Waals surface area contributed by atoms with Gasteiger partial charge in [0.05, 0.1) is 0 Å². The van der Waals surface area contributed by atoms with Crippen LogP contribution in [0.3, 0.4) is 0 Å². The molecule has 1 aliphatic heterocycles. The maximum atomic E-state index is 5.94. The molecule has 0 fully saturated rings. The molecule has 3 heteroatoms. The summed E-state index contributed by atoms with van der Waals surface area (Å²) in [5.41, 5.74) is 2.09. The van der Waals surface area contributed by atoms with Crippen molar-refractivity contribution in [2.45, 2.75) is 6.10 Å². The molecule has 2 aromatic rings. The second-order valence-electron chi connectivity index (χ2n) is 4.13. The lowest BCUT2D eigenvalue weighted by atomic mass is 10.0. The minimum absolute atomic E-state index is 0.0732. The molecule has 0 radical (unpaired) electrons. The van der Waals surface area contributed by atoms with E-state index in [0.717, 1.165) is 21.9 Å². The van der Waals surface area contributed by atoms with Crippen molar-refractivity contribution in [2.24, 2.45) is 0 Å². The minimum atomic E-state index is -0.0732. The number of halogens is 2. The molecule has 18 heavy (non-hydrogen) atoms. The number of ether oxygens (including phenoxy) is 1. The van der Waals surface area contributed by atoms with E-state index in [1.807, 2.05) is 54.6 Å². The van der Waals surface area contributed by atoms with Gasteiger partial charge in [0.2, 0.25) is 0 Å². The van der Waals surface area contributed by atoms with E-state index in [1.165, 1.54) is 0 Å². The number of fused-ring (bicyclic) bond motifs is 1. The SMILES string of the molecule is Clc1ccc(C2C=Cc3cc(Cl)ccc3O2)cc1. The summed E-state index contributed by atoms with van der Waals surface area (Å²) < 4.78 is 5.92. The summed E-state index contributed by atoms with van der Waals surface area (Å²) in [5, 5.41) is 1.44. The maximum absolute atomic E-state index is 5.94. The lowest BCUT2D eigenvalue weighted by Crippen LogP contribution is -2.08. The van der Waals surface area contributed by atoms with Gasteiger partial charge in [-0.25, -0.2) is 0 Å². The molecule has 1 heterocycles. The van der Waals surface area contributed by atoms with Gasteiger partial charge in [0, 0.05) is 15.6 Å². The van der Waals surface area contributed by atoms with E-state index in [0.29, 0.717) is 5.02 Å². The second-order valence-corrected chi connectivity index (χ2v) is 5.00. The van der Waals surface area contributed by atoms with E-state index >= 15 is 0 Å². The molecule has 0 aromatic heterocycles. The Morgan fingerprint density at radius 3 is 2.39 bits per heavy atom. The Labute approximate surface area is 116 Å². The van der Waals surface area contributed by atoms with Crippen LogP contribution < -0.4 is 4.74 Å². The van der Waals surface area contributed by atoms with Gasteiger partial charge in [-0.1, -0.05) is 41.4 Å². The lowest BCUT2D eigenvalue weighted by molar-refractivity contribution is 0.252. The van der Waals surface area contributed by atoms with E-state index in [4.69, 9.17) is 27.9 Å². The number of hydrogen-bond donors (Lipinski definition) is 0. The highest BCUT2D eigenvalue weighted by atomic mass is 35.5. The molecular formula is C15H10Cl2O. The van der Waals surface area contributed by atoms with Crippen LogP contribution in [0.2, 0.25) is 10.0 Å². The first-order valence-corrected chi connectivity index (χ1v) is 6.38. The molecule has 0 saturated heterocycles. The van der Waals surface area contributed by atoms with Gasteiger partial charge < -0.3 is 4.74 Å². The van der Waals surface area contributed by atoms with Gasteiger partial charge in [-0.15, -0.1) is 0 Å². The number of hydrogen-bond acceptors (Lipinski definition) is 1. The highest BCUT2D eigenvalue weighted by molar-refractivity contribution is 6.31. The average molecular weight is 277 g/mol. The first-order valence-electron chi connectivity index (χ1n) is 5.62. The molecule has 1 atom stereocenters. The van der Waals surface area contributed by atoms with Crippen LogP contribution in [-0.4, -0.2) is 0 Å². The van der Waals surface area contributed by atoms with Crippen LogP contribution in [0.15, 0.2) is 48.5 Å². The summed E-state index contributed by atoms with van der Waals surface area (Å²) in [4.78, 5) is 0. The second kappa shape index (κ2) is 4.68. The van der Waals surface area contributed by atoms with Crippen molar-refractivity contribution in [2.75, 3.05) is 0 Å². The van der Waals surface area contributed by atoms with E-state index in [9.17, 15) is 0 Å². The van der Waals surface area contributed by atoms with Crippen LogP contribution in [0.1, 0.15) is 17.2 Å². The molecule has 90 valence electrons. The molecule has 1 nitrogen and oxygen atoms in total. The molecule has 0 bridgehead atoms. The molecule has 0 N–H and O–H groups in total. The van der Waals surface area contributed by atoms with Gasteiger partial charge in [0.1, 0.15) is 11.9 Å². The summed E-state index contributed by atoms with van der Waals surface area (Å²) in [7, 11) is 0. The molecule has 1 aliphatic rings. The monoisotopic (exact) mass is 276 g/mol. The predicted octanol–water partition coefficient (Wildman–Crippen LogP) is 5.14. The van der Waals surface area contributed by atoms with Crippen molar-refractivity contribution in [3.8, 4) is 5.75 Å². The van der Waals surface area contributed by atoms with Gasteiger partial charge in [-0.05, 0) is 42.0 Å². The third kappa shape index (κ3) is 2.24. The Morgan fingerprint density at radius 2 is 1.61 bits per heavy atom. The van der Waals surface area contributed by atoms with E-state index in [1.54, 1.807) is 0 Å². The summed E-state index contributed by atoms with van der Waals surface area (Å²) in [6, 6.07) is 13.3. The number of rotatable bonds is 1. The molecule has 0 spiro atoms. The van der Waals surface area contributed by atoms with Crippen molar-refractivity contribution in [3.05, 3.63) is 69.7 Å². The van der Waals surface area contributed by atoms with Gasteiger partial charge in [0.25, 0.3) is 0 Å². The topological polar surface area (TPSA) is 9.23 Å². The van der Waals surface area contributed by atoms with Gasteiger partial charge >= 0.3 is 0 Å². The molecule has 2 aromatic carbocycles. The lowest BCUT2D eigenvalue weighted by Gasteiger charge is -2.22. The zero-order valence-electron chi connectivity index (χ0n) is 9.44. The molecule has 0 amide bonds. The highest BCUT2D eigenvalue weighted by Crippen LogP contribution is 2.34. The first-order chi connectivity index (χ1) is 8.72. The average Bonchev–Trinajstić information content (AvgIpc) is 2.39. The van der Waals surface area contributed by atoms with E-state index in [-0.39, 0.29) is 6.10 Å². The Morgan fingerprint density at radius 1 is 0.889 bits per heavy atom. The third-order valence-corrected chi connectivity index (χ3v) is 3.36. The fourth-order valence-corrected chi connectivity index (χ4v) is 2.26. The van der Waals surface area contributed by atoms with Crippen molar-refractivity contribution in [3.63, 3.8) is 0 Å². The van der Waals surface area contributed by atoms with Gasteiger partial charge in [-0.2, -0.15) is 0 Å². The maximum Gasteiger partial charge on any atom is 0.142 e. The summed E-state index contributed by atoms with van der Waals surface area (Å²) >= 11 is 11.8. The zero-order valence-corrected chi connectivity index (χ0v) is 10.9. The van der Waals surface area contributed by atoms with Crippen LogP contribution in [-0.2, 0) is 0 Å². The van der Waals surface area contributed by atoms with Crippen LogP contribution in [0, 0.1) is 0 Å². The predicted molar refractivity (Wildman–Crippen MR) is 75.3 cm³/mol. The quantitative estimate of drug-likeness (QED) is 0.701. The van der Waals surface area contributed by atoms with E-state index < -0.39 is 0 Å². The number of benzene rings is 2. The minimum Gasteiger partial charge on any atom is -0.481 e. The molecule has 0 saturated carbocycles. The largest absolute Gasteiger partial charge is 0.481 e. The first kappa shape index (κ1) is 11.6. The zero-order chi connectivity index (χ0) is 12.5. The van der Waals surface area contributed by atoms with Crippen LogP contribution in [0.4, 0.5) is 0 Å². The summed E-state index contributed by atoms with van der Waals surface area (Å²) in [6.07, 6.45) is 3.97. The van der Waals surface area contributed by atoms with Crippen LogP contribution in [0.5, 0.6) is 5.75 Å². The Balaban J connectivity index is 1.92. The van der Waals surface area contributed by atoms with Crippen LogP contribution in [0.25, 0.3) is 6.08 Å². The van der Waals surface area contributed by atoms with Gasteiger partial charge in [0.15, 0.2) is 0 Å². The molecule has 3 rings (SSSR count). The summed E-state index contributed by atoms with van der Waals surface area (Å²) in [5.74, 6) is 0.849. The van der Waals surface area contributed by atoms with Crippen molar-refractivity contribution >= 4 is 29.3 Å². The molecular weight excluding hydrogens is 267 g/mol. The van der Waals surface area contributed by atoms with E-state index in [2.05, 4.69) is 0 Å². The van der Waals surface area contributed by atoms with Crippen molar-refractivity contribution in [1.29, 1.82) is 0 Å². The molecule has 1 unspecified atom stereocenters. The van der Waals surface area contributed by atoms with Crippen molar-refractivity contribution in [1.82, 2.24) is 0 Å². The normalized spacial score (nSPS) is 17.1. The summed E-state index contributed by atoms with van der Waals surface area (Å²) in [6.45, 7) is 0. The Hall–Kier alpha value is -1.44. The van der Waals surface area contributed by atoms with Crippen LogP contribution >= 0.6 is 23.2 Å². The fourth-order valence-electron chi connectivity index (χ4n) is 1.96. The van der Waals surface area contributed by atoms with Gasteiger partial charge in [-0.3, -0.25) is 0 Å². The van der Waals surface area contributed by atoms with Crippen molar-refractivity contribution < 1.29 is 4.74 Å². The molecule has 0 aliphatic carbocycles. The third-order valence-electron chi connectivity index (χ3n) is 2.87. The fraction of sp³-hybridized carbons (Fsp3) is 0.0667. The Kier molecular flexibility index (Phi) is 3.02. The standard InChI is InChI=1S/C15H10Cl2O/c16-12-4-1-10(2-5-12)14-7-3-11-9-13(17)6-8-15(11)18-14/h1-9,14H. The highest BCUT2D eigenvalue weighted by Gasteiger charge is 2.16.